The van der Waals surface area contributed by atoms with Crippen molar-refractivity contribution in [3.8, 4) is 0 Å². The summed E-state index contributed by atoms with van der Waals surface area (Å²) in [7, 11) is 1.54. The Labute approximate surface area is 121 Å². The Morgan fingerprint density at radius 3 is 2.52 bits per heavy atom. The van der Waals surface area contributed by atoms with E-state index in [4.69, 9.17) is 4.52 Å². The van der Waals surface area contributed by atoms with Crippen LogP contribution in [0.3, 0.4) is 0 Å². The van der Waals surface area contributed by atoms with Crippen LogP contribution in [0.4, 0.5) is 11.4 Å². The molecule has 0 radical (unpaired) electrons. The second-order valence-corrected chi connectivity index (χ2v) is 4.81. The molecule has 0 aliphatic rings. The van der Waals surface area contributed by atoms with Crippen molar-refractivity contribution in [1.29, 1.82) is 0 Å². The monoisotopic (exact) mass is 289 g/mol. The minimum atomic E-state index is -0.562. The van der Waals surface area contributed by atoms with Gasteiger partial charge < -0.3 is 9.42 Å². The maximum Gasteiger partial charge on any atom is 0.282 e. The van der Waals surface area contributed by atoms with Crippen LogP contribution >= 0.6 is 0 Å². The Bertz CT molecular complexity index is 702. The lowest BCUT2D eigenvalue weighted by Gasteiger charge is -2.17. The average Bonchev–Trinajstić information content (AvgIpc) is 2.76. The Hall–Kier alpha value is -2.70. The van der Waals surface area contributed by atoms with E-state index < -0.39 is 10.8 Å². The highest BCUT2D eigenvalue weighted by Crippen LogP contribution is 2.27. The number of rotatable bonds is 3. The van der Waals surface area contributed by atoms with Crippen LogP contribution in [0.5, 0.6) is 0 Å². The first-order chi connectivity index (χ1) is 9.82. The molecule has 0 bridgehead atoms. The van der Waals surface area contributed by atoms with E-state index in [0.29, 0.717) is 17.1 Å². The van der Waals surface area contributed by atoms with Gasteiger partial charge in [-0.1, -0.05) is 11.2 Å². The summed E-state index contributed by atoms with van der Waals surface area (Å²) in [5.74, 6) is 0.0125. The minimum Gasteiger partial charge on any atom is -0.359 e. The van der Waals surface area contributed by atoms with Gasteiger partial charge in [-0.25, -0.2) is 0 Å². The predicted octanol–water partition coefficient (Wildman–Crippen LogP) is 2.78. The molecule has 7 nitrogen and oxygen atoms in total. The van der Waals surface area contributed by atoms with E-state index in [1.165, 1.54) is 17.0 Å². The molecule has 0 aliphatic carbocycles. The van der Waals surface area contributed by atoms with Crippen LogP contribution < -0.4 is 4.90 Å². The van der Waals surface area contributed by atoms with Gasteiger partial charge in [0.25, 0.3) is 11.6 Å². The molecule has 2 rings (SSSR count). The maximum atomic E-state index is 12.6. The Morgan fingerprint density at radius 1 is 1.33 bits per heavy atom. The van der Waals surface area contributed by atoms with Crippen molar-refractivity contribution in [1.82, 2.24) is 5.16 Å². The molecule has 1 aromatic carbocycles. The van der Waals surface area contributed by atoms with Crippen LogP contribution in [-0.2, 0) is 0 Å². The third kappa shape index (κ3) is 2.62. The number of aryl methyl sites for hydroxylation is 3. The standard InChI is InChI=1S/C14H15N3O4/c1-8-5-6-12(17(19)20)11(7-8)14(18)16(4)13-9(2)15-21-10(13)3/h5-7H,1-4H3. The van der Waals surface area contributed by atoms with Gasteiger partial charge in [0.15, 0.2) is 5.76 Å². The van der Waals surface area contributed by atoms with Crippen LogP contribution in [0.1, 0.15) is 27.4 Å². The van der Waals surface area contributed by atoms with E-state index in [-0.39, 0.29) is 11.3 Å². The molecule has 0 saturated carbocycles. The quantitative estimate of drug-likeness (QED) is 0.640. The lowest BCUT2D eigenvalue weighted by Crippen LogP contribution is -2.27. The number of hydrogen-bond donors (Lipinski definition) is 0. The molecule has 2 aromatic rings. The third-order valence-corrected chi connectivity index (χ3v) is 3.21. The number of carbonyl (C=O) groups is 1. The van der Waals surface area contributed by atoms with Crippen molar-refractivity contribution in [3.05, 3.63) is 50.9 Å². The lowest BCUT2D eigenvalue weighted by molar-refractivity contribution is -0.385. The van der Waals surface area contributed by atoms with Gasteiger partial charge in [0, 0.05) is 13.1 Å². The number of amides is 1. The van der Waals surface area contributed by atoms with Crippen molar-refractivity contribution >= 4 is 17.3 Å². The van der Waals surface area contributed by atoms with Gasteiger partial charge >= 0.3 is 0 Å². The molecule has 0 fully saturated rings. The van der Waals surface area contributed by atoms with Crippen molar-refractivity contribution in [2.45, 2.75) is 20.8 Å². The van der Waals surface area contributed by atoms with Crippen molar-refractivity contribution in [3.63, 3.8) is 0 Å². The van der Waals surface area contributed by atoms with Gasteiger partial charge in [0.05, 0.1) is 4.92 Å². The molecule has 0 aliphatic heterocycles. The van der Waals surface area contributed by atoms with Crippen molar-refractivity contribution in [2.75, 3.05) is 11.9 Å². The van der Waals surface area contributed by atoms with Crippen LogP contribution in [0.15, 0.2) is 22.7 Å². The second kappa shape index (κ2) is 5.35. The molecular weight excluding hydrogens is 274 g/mol. The van der Waals surface area contributed by atoms with E-state index in [1.807, 2.05) is 0 Å². The van der Waals surface area contributed by atoms with Crippen LogP contribution in [-0.4, -0.2) is 23.0 Å². The molecule has 110 valence electrons. The summed E-state index contributed by atoms with van der Waals surface area (Å²) in [6, 6.07) is 4.45. The summed E-state index contributed by atoms with van der Waals surface area (Å²) < 4.78 is 5.03. The minimum absolute atomic E-state index is 0.0440. The second-order valence-electron chi connectivity index (χ2n) is 4.81. The lowest BCUT2D eigenvalue weighted by atomic mass is 10.1. The number of benzene rings is 1. The van der Waals surface area contributed by atoms with Crippen molar-refractivity contribution in [2.24, 2.45) is 0 Å². The molecular formula is C14H15N3O4. The van der Waals surface area contributed by atoms with Crippen LogP contribution in [0.2, 0.25) is 0 Å². The molecule has 1 heterocycles. The summed E-state index contributed by atoms with van der Waals surface area (Å²) in [5.41, 5.74) is 1.68. The number of nitro groups is 1. The normalized spacial score (nSPS) is 10.5. The Balaban J connectivity index is 2.50. The summed E-state index contributed by atoms with van der Waals surface area (Å²) in [4.78, 5) is 24.4. The van der Waals surface area contributed by atoms with Crippen LogP contribution in [0.25, 0.3) is 0 Å². The molecule has 1 amide bonds. The number of hydrogen-bond acceptors (Lipinski definition) is 5. The van der Waals surface area contributed by atoms with Gasteiger partial charge in [-0.3, -0.25) is 14.9 Å². The topological polar surface area (TPSA) is 89.5 Å². The Kier molecular flexibility index (Phi) is 3.75. The van der Waals surface area contributed by atoms with E-state index in [0.717, 1.165) is 5.56 Å². The highest BCUT2D eigenvalue weighted by molar-refractivity contribution is 6.08. The summed E-state index contributed by atoms with van der Waals surface area (Å²) >= 11 is 0. The number of carbonyl (C=O) groups excluding carboxylic acids is 1. The first-order valence-electron chi connectivity index (χ1n) is 6.29. The highest BCUT2D eigenvalue weighted by Gasteiger charge is 2.26. The fourth-order valence-corrected chi connectivity index (χ4v) is 2.22. The number of anilines is 1. The molecule has 0 atom stereocenters. The summed E-state index contributed by atoms with van der Waals surface area (Å²) in [6.45, 7) is 5.17. The number of nitrogens with zero attached hydrogens (tertiary/aromatic N) is 3. The SMILES string of the molecule is Cc1ccc([N+](=O)[O-])c(C(=O)N(C)c2c(C)noc2C)c1. The van der Waals surface area contributed by atoms with Gasteiger partial charge in [0.1, 0.15) is 16.9 Å². The Morgan fingerprint density at radius 2 is 2.00 bits per heavy atom. The number of nitro benzene ring substituents is 1. The average molecular weight is 289 g/mol. The molecule has 21 heavy (non-hydrogen) atoms. The van der Waals surface area contributed by atoms with Gasteiger partial charge in [-0.05, 0) is 32.4 Å². The van der Waals surface area contributed by atoms with Crippen LogP contribution in [0, 0.1) is 30.9 Å². The first-order valence-corrected chi connectivity index (χ1v) is 6.29. The van der Waals surface area contributed by atoms with Gasteiger partial charge in [0.2, 0.25) is 0 Å². The van der Waals surface area contributed by atoms with Crippen molar-refractivity contribution < 1.29 is 14.2 Å². The largest absolute Gasteiger partial charge is 0.359 e. The molecule has 0 unspecified atom stereocenters. The zero-order valence-electron chi connectivity index (χ0n) is 12.2. The van der Waals surface area contributed by atoms with E-state index in [1.54, 1.807) is 33.9 Å². The first kappa shape index (κ1) is 14.7. The molecule has 1 aromatic heterocycles. The van der Waals surface area contributed by atoms with E-state index in [9.17, 15) is 14.9 Å². The predicted molar refractivity (Wildman–Crippen MR) is 76.5 cm³/mol. The zero-order valence-corrected chi connectivity index (χ0v) is 12.2. The van der Waals surface area contributed by atoms with E-state index in [2.05, 4.69) is 5.16 Å². The summed E-state index contributed by atoms with van der Waals surface area (Å²) in [6.07, 6.45) is 0. The molecule has 0 spiro atoms. The van der Waals surface area contributed by atoms with Gasteiger partial charge in [-0.15, -0.1) is 0 Å². The smallest absolute Gasteiger partial charge is 0.282 e. The molecule has 0 N–H and O–H groups in total. The fraction of sp³-hybridized carbons (Fsp3) is 0.286. The number of aromatic nitrogens is 1. The van der Waals surface area contributed by atoms with E-state index >= 15 is 0 Å². The van der Waals surface area contributed by atoms with Gasteiger partial charge in [-0.2, -0.15) is 0 Å². The summed E-state index contributed by atoms with van der Waals surface area (Å²) in [5, 5.41) is 14.9. The molecule has 7 heteroatoms. The zero-order chi connectivity index (χ0) is 15.7. The fourth-order valence-electron chi connectivity index (χ4n) is 2.22. The third-order valence-electron chi connectivity index (χ3n) is 3.21. The molecule has 0 saturated heterocycles. The maximum absolute atomic E-state index is 12.6. The highest BCUT2D eigenvalue weighted by atomic mass is 16.6.